The predicted octanol–water partition coefficient (Wildman–Crippen LogP) is 5.17. The Morgan fingerprint density at radius 2 is 1.09 bits per heavy atom. The Labute approximate surface area is 246 Å². The molecule has 0 spiro atoms. The van der Waals surface area contributed by atoms with Crippen LogP contribution in [0.4, 0.5) is 43.9 Å². The molecule has 0 bridgehead atoms. The molecule has 2 unspecified atom stereocenters. The first kappa shape index (κ1) is 41.9. The SMILES string of the molecule is C=O.COC(F)(F)COC(F)(F)COO.Cc1ccc(C)cc1.FC(F)(COCC1CO1)C(F)(F)C(F)(F)COCC1CO1. The third-order valence-electron chi connectivity index (χ3n) is 5.10. The topological polar surface area (TPSA) is 109 Å². The molecule has 2 heterocycles. The Morgan fingerprint density at radius 1 is 0.727 bits per heavy atom. The fourth-order valence-corrected chi connectivity index (χ4v) is 2.42. The van der Waals surface area contributed by atoms with Crippen molar-refractivity contribution in [2.45, 2.75) is 56.0 Å². The Morgan fingerprint density at radius 3 is 1.39 bits per heavy atom. The van der Waals surface area contributed by atoms with Gasteiger partial charge in [0, 0.05) is 7.11 Å². The Bertz CT molecular complexity index is 863. The summed E-state index contributed by atoms with van der Waals surface area (Å²) in [6, 6.07) is 8.48. The Kier molecular flexibility index (Phi) is 17.8. The number of carbonyl (C=O) groups is 1. The normalized spacial score (nSPS) is 18.1. The zero-order valence-corrected chi connectivity index (χ0v) is 23.8. The lowest BCUT2D eigenvalue weighted by Crippen LogP contribution is -2.58. The van der Waals surface area contributed by atoms with Crippen molar-refractivity contribution in [1.29, 1.82) is 0 Å². The highest BCUT2D eigenvalue weighted by Gasteiger charge is 2.71. The molecule has 9 nitrogen and oxygen atoms in total. The zero-order valence-electron chi connectivity index (χ0n) is 23.8. The van der Waals surface area contributed by atoms with Gasteiger partial charge in [-0.2, -0.15) is 43.9 Å². The summed E-state index contributed by atoms with van der Waals surface area (Å²) in [4.78, 5) is 11.0. The highest BCUT2D eigenvalue weighted by Crippen LogP contribution is 2.46. The number of aryl methyl sites for hydroxylation is 2. The van der Waals surface area contributed by atoms with E-state index in [1.54, 1.807) is 0 Å². The van der Waals surface area contributed by atoms with E-state index in [4.69, 9.17) is 10.1 Å². The molecule has 0 saturated carbocycles. The van der Waals surface area contributed by atoms with E-state index in [1.165, 1.54) is 11.1 Å². The molecule has 0 aliphatic carbocycles. The van der Waals surface area contributed by atoms with Crippen LogP contribution in [0.3, 0.4) is 0 Å². The number of benzene rings is 1. The van der Waals surface area contributed by atoms with Crippen LogP contribution in [0.15, 0.2) is 24.3 Å². The summed E-state index contributed by atoms with van der Waals surface area (Å²) < 4.78 is 153. The van der Waals surface area contributed by atoms with Gasteiger partial charge in [0.25, 0.3) is 0 Å². The third kappa shape index (κ3) is 16.8. The molecule has 0 aromatic heterocycles. The summed E-state index contributed by atoms with van der Waals surface area (Å²) in [6.45, 7) is -0.724. The highest BCUT2D eigenvalue weighted by molar-refractivity contribution is 5.19. The lowest BCUT2D eigenvalue weighted by Gasteiger charge is -2.32. The second-order valence-electron chi connectivity index (χ2n) is 9.12. The minimum Gasteiger partial charge on any atom is -0.372 e. The minimum absolute atomic E-state index is 0.273. The molecule has 19 heteroatoms. The maximum Gasteiger partial charge on any atom is 0.382 e. The fourth-order valence-electron chi connectivity index (χ4n) is 2.42. The van der Waals surface area contributed by atoms with Crippen LogP contribution in [0.2, 0.25) is 0 Å². The molecule has 2 aliphatic rings. The molecule has 1 aromatic carbocycles. The molecule has 2 fully saturated rings. The summed E-state index contributed by atoms with van der Waals surface area (Å²) in [7, 11) is 0.643. The van der Waals surface area contributed by atoms with Gasteiger partial charge in [0.05, 0.1) is 26.4 Å². The van der Waals surface area contributed by atoms with Crippen LogP contribution in [0, 0.1) is 13.8 Å². The number of ether oxygens (including phenoxy) is 6. The number of epoxide rings is 2. The van der Waals surface area contributed by atoms with Crippen molar-refractivity contribution in [3.63, 3.8) is 0 Å². The first-order valence-electron chi connectivity index (χ1n) is 12.3. The van der Waals surface area contributed by atoms with Gasteiger partial charge in [-0.25, -0.2) is 4.89 Å². The van der Waals surface area contributed by atoms with Gasteiger partial charge < -0.3 is 33.2 Å². The van der Waals surface area contributed by atoms with Gasteiger partial charge in [0.15, 0.2) is 6.61 Å². The molecule has 2 atom stereocenters. The molecule has 1 N–H and O–H groups in total. The van der Waals surface area contributed by atoms with E-state index in [0.717, 1.165) is 0 Å². The fraction of sp³-hybridized carbons (Fsp3) is 0.720. The Balaban J connectivity index is 0.000000684. The van der Waals surface area contributed by atoms with E-state index < -0.39 is 68.6 Å². The number of hydrogen-bond donors (Lipinski definition) is 1. The van der Waals surface area contributed by atoms with E-state index in [-0.39, 0.29) is 26.4 Å². The highest BCUT2D eigenvalue weighted by atomic mass is 19.3. The lowest BCUT2D eigenvalue weighted by atomic mass is 10.1. The van der Waals surface area contributed by atoms with Gasteiger partial charge in [0.2, 0.25) is 0 Å². The van der Waals surface area contributed by atoms with Gasteiger partial charge >= 0.3 is 30.0 Å². The number of rotatable bonds is 16. The van der Waals surface area contributed by atoms with E-state index in [2.05, 4.69) is 71.4 Å². The second-order valence-corrected chi connectivity index (χ2v) is 9.12. The van der Waals surface area contributed by atoms with Crippen molar-refractivity contribution < 1.29 is 87.3 Å². The largest absolute Gasteiger partial charge is 0.382 e. The summed E-state index contributed by atoms with van der Waals surface area (Å²) in [5.41, 5.74) is 2.66. The Hall–Kier alpha value is -2.13. The van der Waals surface area contributed by atoms with Crippen LogP contribution in [0.25, 0.3) is 0 Å². The molecular weight excluding hydrogens is 634 g/mol. The van der Waals surface area contributed by atoms with Crippen LogP contribution < -0.4 is 0 Å². The van der Waals surface area contributed by atoms with Crippen LogP contribution >= 0.6 is 0 Å². The maximum atomic E-state index is 13.3. The van der Waals surface area contributed by atoms with Crippen LogP contribution in [-0.2, 0) is 38.1 Å². The van der Waals surface area contributed by atoms with E-state index in [0.29, 0.717) is 7.11 Å². The first-order chi connectivity index (χ1) is 20.3. The summed E-state index contributed by atoms with van der Waals surface area (Å²) >= 11 is 0. The van der Waals surface area contributed by atoms with Crippen molar-refractivity contribution in [3.05, 3.63) is 35.4 Å². The number of methoxy groups -OCH3 is 1. The molecule has 44 heavy (non-hydrogen) atoms. The molecular formula is C25H34F10O9. The number of carbonyl (C=O) groups excluding carboxylic acids is 1. The quantitative estimate of drug-likeness (QED) is 0.111. The van der Waals surface area contributed by atoms with Crippen LogP contribution in [0.1, 0.15) is 11.1 Å². The number of alkyl halides is 10. The molecule has 0 radical (unpaired) electrons. The van der Waals surface area contributed by atoms with E-state index in [9.17, 15) is 43.9 Å². The molecule has 2 aliphatic heterocycles. The second kappa shape index (κ2) is 18.7. The van der Waals surface area contributed by atoms with Crippen LogP contribution in [0.5, 0.6) is 0 Å². The van der Waals surface area contributed by atoms with Crippen molar-refractivity contribution in [1.82, 2.24) is 0 Å². The third-order valence-corrected chi connectivity index (χ3v) is 5.10. The van der Waals surface area contributed by atoms with Gasteiger partial charge in [0.1, 0.15) is 38.8 Å². The summed E-state index contributed by atoms with van der Waals surface area (Å²) in [5, 5.41) is 7.61. The van der Waals surface area contributed by atoms with E-state index in [1.807, 2.05) is 6.79 Å². The van der Waals surface area contributed by atoms with Crippen LogP contribution in [-0.4, -0.2) is 114 Å². The first-order valence-corrected chi connectivity index (χ1v) is 12.3. The average molecular weight is 669 g/mol. The molecule has 258 valence electrons. The summed E-state index contributed by atoms with van der Waals surface area (Å²) in [5.74, 6) is -15.6. The average Bonchev–Trinajstić information content (AvgIpc) is 3.88. The van der Waals surface area contributed by atoms with E-state index >= 15 is 0 Å². The predicted molar refractivity (Wildman–Crippen MR) is 130 cm³/mol. The number of hydrogen-bond acceptors (Lipinski definition) is 9. The van der Waals surface area contributed by atoms with Gasteiger partial charge in [-0.1, -0.05) is 35.4 Å². The lowest BCUT2D eigenvalue weighted by molar-refractivity contribution is -0.365. The zero-order chi connectivity index (χ0) is 34.2. The van der Waals surface area contributed by atoms with Gasteiger partial charge in [-0.3, -0.25) is 5.26 Å². The maximum absolute atomic E-state index is 13.3. The molecule has 3 rings (SSSR count). The molecule has 1 aromatic rings. The standard InChI is InChI=1S/C11H14F6O4.C8H10.C5H8F4O4.CH2O/c12-9(13,5-18-1-7-3-20-7)11(16,17)10(14,15)6-19-2-8-4-21-8;1-7-3-5-8(2)6-4-7;1-11-4(6,7)2-12-5(8,9)3-13-10;1-2/h7-8H,1-6H2;3-6H,1-2H3;10H,2-3H2,1H3;1H2. The van der Waals surface area contributed by atoms with Crippen molar-refractivity contribution >= 4 is 6.79 Å². The summed E-state index contributed by atoms with van der Waals surface area (Å²) in [6.07, 6.45) is -8.64. The van der Waals surface area contributed by atoms with Crippen molar-refractivity contribution in [2.75, 3.05) is 60.0 Å². The minimum atomic E-state index is -5.59. The van der Waals surface area contributed by atoms with Crippen molar-refractivity contribution in [3.8, 4) is 0 Å². The monoisotopic (exact) mass is 668 g/mol. The van der Waals surface area contributed by atoms with Gasteiger partial charge in [-0.15, -0.1) is 0 Å². The molecule has 2 saturated heterocycles. The number of halogens is 10. The smallest absolute Gasteiger partial charge is 0.372 e. The van der Waals surface area contributed by atoms with Gasteiger partial charge in [-0.05, 0) is 13.8 Å². The van der Waals surface area contributed by atoms with Crippen molar-refractivity contribution in [2.24, 2.45) is 0 Å². The molecule has 0 amide bonds.